The van der Waals surface area contributed by atoms with Crippen LogP contribution in [0.1, 0.15) is 37.8 Å². The molecule has 1 atom stereocenters. The minimum Gasteiger partial charge on any atom is -0.505 e. The van der Waals surface area contributed by atoms with Gasteiger partial charge in [0.15, 0.2) is 17.1 Å². The van der Waals surface area contributed by atoms with Gasteiger partial charge in [0, 0.05) is 24.2 Å². The number of ether oxygens (including phenoxy) is 1. The summed E-state index contributed by atoms with van der Waals surface area (Å²) in [5.74, 6) is -1.80. The summed E-state index contributed by atoms with van der Waals surface area (Å²) in [4.78, 5) is 31.4. The molecule has 3 heterocycles. The van der Waals surface area contributed by atoms with Crippen molar-refractivity contribution in [2.24, 2.45) is 0 Å². The van der Waals surface area contributed by atoms with Gasteiger partial charge in [0.25, 0.3) is 11.1 Å². The van der Waals surface area contributed by atoms with Crippen LogP contribution in [-0.4, -0.2) is 54.3 Å². The molecule has 1 aromatic carbocycles. The lowest BCUT2D eigenvalue weighted by Gasteiger charge is -2.16. The summed E-state index contributed by atoms with van der Waals surface area (Å²) in [6.07, 6.45) is -1.56. The first kappa shape index (κ1) is 34.1. The number of nitrogens with one attached hydrogen (secondary N) is 1. The van der Waals surface area contributed by atoms with Crippen LogP contribution in [0.2, 0.25) is 0 Å². The van der Waals surface area contributed by atoms with E-state index in [2.05, 4.69) is 19.8 Å². The van der Waals surface area contributed by atoms with Gasteiger partial charge in [0.05, 0.1) is 35.9 Å². The number of benzene rings is 1. The summed E-state index contributed by atoms with van der Waals surface area (Å²) < 4.78 is 93.7. The van der Waals surface area contributed by atoms with Crippen molar-refractivity contribution in [3.63, 3.8) is 0 Å². The predicted octanol–water partition coefficient (Wildman–Crippen LogP) is 4.68. The van der Waals surface area contributed by atoms with Crippen LogP contribution in [-0.2, 0) is 23.1 Å². The Bertz CT molecular complexity index is 1690. The zero-order valence-electron chi connectivity index (χ0n) is 23.1. The Morgan fingerprint density at radius 2 is 1.73 bits per heavy atom. The lowest BCUT2D eigenvalue weighted by molar-refractivity contribution is -0.140. The van der Waals surface area contributed by atoms with Crippen molar-refractivity contribution in [2.75, 3.05) is 6.61 Å². The monoisotopic (exact) mass is 633 g/mol. The largest absolute Gasteiger partial charge is 0.505 e. The molecule has 0 saturated heterocycles. The Morgan fingerprint density at radius 1 is 1.07 bits per heavy atom. The number of aromatic nitrogens is 5. The first-order valence-corrected chi connectivity index (χ1v) is 12.7. The normalized spacial score (nSPS) is 12.7. The first-order chi connectivity index (χ1) is 20.5. The van der Waals surface area contributed by atoms with E-state index in [0.717, 1.165) is 10.6 Å². The molecule has 0 radical (unpaired) electrons. The molecule has 3 N–H and O–H groups in total. The molecular formula is C27H26F7N5O5. The summed E-state index contributed by atoms with van der Waals surface area (Å²) in [5, 5.41) is 23.6. The van der Waals surface area contributed by atoms with Crippen LogP contribution in [0.3, 0.4) is 0 Å². The van der Waals surface area contributed by atoms with Gasteiger partial charge in [0.2, 0.25) is 0 Å². The fourth-order valence-electron chi connectivity index (χ4n) is 3.85. The zero-order chi connectivity index (χ0) is 32.8. The molecule has 44 heavy (non-hydrogen) atoms. The van der Waals surface area contributed by atoms with E-state index in [0.29, 0.717) is 17.1 Å². The number of pyridine rings is 1. The van der Waals surface area contributed by atoms with Crippen molar-refractivity contribution < 1.29 is 45.7 Å². The van der Waals surface area contributed by atoms with Crippen molar-refractivity contribution in [2.45, 2.75) is 57.8 Å². The molecule has 238 valence electrons. The molecule has 0 spiro atoms. The van der Waals surface area contributed by atoms with E-state index in [1.54, 1.807) is 25.0 Å². The van der Waals surface area contributed by atoms with Crippen LogP contribution in [0, 0.1) is 5.82 Å². The highest BCUT2D eigenvalue weighted by Gasteiger charge is 2.37. The summed E-state index contributed by atoms with van der Waals surface area (Å²) in [6, 6.07) is 4.04. The average Bonchev–Trinajstić information content (AvgIpc) is 2.92. The summed E-state index contributed by atoms with van der Waals surface area (Å²) in [7, 11) is 0. The molecule has 17 heteroatoms. The van der Waals surface area contributed by atoms with Crippen molar-refractivity contribution in [3.05, 3.63) is 80.6 Å². The highest BCUT2D eigenvalue weighted by Crippen LogP contribution is 2.31. The number of rotatable bonds is 9. The van der Waals surface area contributed by atoms with Gasteiger partial charge in [-0.2, -0.15) is 27.1 Å². The highest BCUT2D eigenvalue weighted by molar-refractivity contribution is 5.86. The smallest absolute Gasteiger partial charge is 0.425 e. The van der Waals surface area contributed by atoms with E-state index in [1.807, 2.05) is 0 Å². The molecular weight excluding hydrogens is 607 g/mol. The maximum absolute atomic E-state index is 14.8. The molecule has 0 bridgehead atoms. The van der Waals surface area contributed by atoms with Crippen molar-refractivity contribution in [3.8, 4) is 17.1 Å². The molecule has 4 rings (SSSR count). The van der Waals surface area contributed by atoms with Crippen LogP contribution in [0.5, 0.6) is 5.75 Å². The van der Waals surface area contributed by atoms with Crippen molar-refractivity contribution in [1.29, 1.82) is 0 Å². The van der Waals surface area contributed by atoms with E-state index >= 15 is 0 Å². The van der Waals surface area contributed by atoms with Gasteiger partial charge in [-0.3, -0.25) is 9.59 Å². The van der Waals surface area contributed by atoms with Gasteiger partial charge < -0.3 is 19.5 Å². The van der Waals surface area contributed by atoms with Crippen LogP contribution in [0.15, 0.2) is 52.6 Å². The molecule has 0 aliphatic carbocycles. The average molecular weight is 634 g/mol. The molecule has 4 aromatic rings. The first-order valence-electron chi connectivity index (χ1n) is 12.7. The number of aromatic hydroxyl groups is 1. The van der Waals surface area contributed by atoms with E-state index in [9.17, 15) is 45.4 Å². The van der Waals surface area contributed by atoms with Gasteiger partial charge in [-0.1, -0.05) is 0 Å². The summed E-state index contributed by atoms with van der Waals surface area (Å²) in [6.45, 7) is -0.314. The molecule has 10 nitrogen and oxygen atoms in total. The summed E-state index contributed by atoms with van der Waals surface area (Å²) >= 11 is 0. The number of aromatic amines is 1. The molecule has 0 fully saturated rings. The van der Waals surface area contributed by atoms with Gasteiger partial charge in [0.1, 0.15) is 12.0 Å². The van der Waals surface area contributed by atoms with Gasteiger partial charge >= 0.3 is 12.8 Å². The molecule has 0 saturated carbocycles. The maximum Gasteiger partial charge on any atom is 0.425 e. The van der Waals surface area contributed by atoms with Crippen molar-refractivity contribution in [1.82, 2.24) is 24.7 Å². The number of H-pyrrole nitrogens is 1. The van der Waals surface area contributed by atoms with Crippen LogP contribution >= 0.6 is 0 Å². The SMILES string of the molecule is CC(C)(O)c1cnc(-c2cc3ccn(CC(F)CCCOC(F)F)c(=O)c3cc2F)nc1.O=c1[nH]ncc(O)c1C(F)(F)F. The third kappa shape index (κ3) is 8.82. The third-order valence-electron chi connectivity index (χ3n) is 6.08. The Morgan fingerprint density at radius 3 is 2.27 bits per heavy atom. The fraction of sp³-hybridized carbons (Fsp3) is 0.370. The van der Waals surface area contributed by atoms with Crippen LogP contribution in [0.25, 0.3) is 22.2 Å². The standard InChI is InChI=1S/C22H23F4N3O3.C5H3F3N2O2/c1-22(2,31)14-10-27-19(28-11-14)17-8-13-5-6-29(20(30)16(13)9-18(17)24)12-15(23)4-3-7-32-21(25)26;6-5(7,8)3-2(11)1-9-10-4(3)12/h5-6,8-11,15,21,31H,3-4,7,12H2,1-2H3;1H,(H2,10,11,12). The van der Waals surface area contributed by atoms with E-state index in [4.69, 9.17) is 5.11 Å². The van der Waals surface area contributed by atoms with E-state index < -0.39 is 52.8 Å². The predicted molar refractivity (Wildman–Crippen MR) is 142 cm³/mol. The second-order valence-corrected chi connectivity index (χ2v) is 9.88. The number of hydrogen-bond donors (Lipinski definition) is 3. The van der Waals surface area contributed by atoms with Gasteiger partial charge in [-0.15, -0.1) is 0 Å². The topological polar surface area (TPSA) is 143 Å². The minimum atomic E-state index is -4.86. The van der Waals surface area contributed by atoms with E-state index in [1.165, 1.54) is 24.7 Å². The van der Waals surface area contributed by atoms with E-state index in [-0.39, 0.29) is 42.8 Å². The number of hydrogen-bond acceptors (Lipinski definition) is 8. The molecule has 0 amide bonds. The molecule has 3 aromatic heterocycles. The number of halogens is 7. The fourth-order valence-corrected chi connectivity index (χ4v) is 3.85. The Hall–Kier alpha value is -4.38. The quantitative estimate of drug-likeness (QED) is 0.178. The Kier molecular flexibility index (Phi) is 10.8. The summed E-state index contributed by atoms with van der Waals surface area (Å²) in [5.41, 5.74) is -4.25. The Labute approximate surface area is 243 Å². The molecule has 1 unspecified atom stereocenters. The second-order valence-electron chi connectivity index (χ2n) is 9.88. The lowest BCUT2D eigenvalue weighted by atomic mass is 10.0. The van der Waals surface area contributed by atoms with Crippen LogP contribution < -0.4 is 11.1 Å². The Balaban J connectivity index is 0.000000369. The number of alkyl halides is 6. The second kappa shape index (κ2) is 13.9. The molecule has 0 aliphatic heterocycles. The number of nitrogens with zero attached hydrogens (tertiary/aromatic N) is 4. The molecule has 0 aliphatic rings. The van der Waals surface area contributed by atoms with Crippen molar-refractivity contribution >= 4 is 10.8 Å². The van der Waals surface area contributed by atoms with Crippen LogP contribution in [0.4, 0.5) is 30.7 Å². The highest BCUT2D eigenvalue weighted by atomic mass is 19.4. The minimum absolute atomic E-state index is 0.0531. The third-order valence-corrected chi connectivity index (χ3v) is 6.08. The zero-order valence-corrected chi connectivity index (χ0v) is 23.1. The number of fused-ring (bicyclic) bond motifs is 1. The lowest BCUT2D eigenvalue weighted by Crippen LogP contribution is -2.24. The van der Waals surface area contributed by atoms with Gasteiger partial charge in [-0.05, 0) is 50.3 Å². The van der Waals surface area contributed by atoms with Gasteiger partial charge in [-0.25, -0.2) is 23.8 Å². The maximum atomic E-state index is 14.8. The number of aliphatic hydroxyl groups is 1.